The standard InChI is InChI=1S/C20H27N5O/c1-24-19(17-13-15-7-3-4-8-16(15)22-17)14-18(23-24)20(26)21-9-12-25-10-5-2-6-11-25/h4,8,13-14,22H,2-3,5-7,9-12H2,1H3,(H,21,26). The monoisotopic (exact) mass is 353 g/mol. The zero-order valence-corrected chi connectivity index (χ0v) is 15.4. The van der Waals surface area contributed by atoms with Gasteiger partial charge < -0.3 is 15.2 Å². The summed E-state index contributed by atoms with van der Waals surface area (Å²) in [4.78, 5) is 18.3. The molecule has 0 radical (unpaired) electrons. The highest BCUT2D eigenvalue weighted by Gasteiger charge is 2.17. The van der Waals surface area contributed by atoms with Crippen LogP contribution in [0.4, 0.5) is 0 Å². The van der Waals surface area contributed by atoms with E-state index in [1.54, 1.807) is 4.68 Å². The summed E-state index contributed by atoms with van der Waals surface area (Å²) in [5, 5.41) is 7.42. The number of fused-ring (bicyclic) bond motifs is 1. The van der Waals surface area contributed by atoms with Gasteiger partial charge in [0, 0.05) is 25.8 Å². The number of piperidine rings is 1. The van der Waals surface area contributed by atoms with Gasteiger partial charge in [0.1, 0.15) is 0 Å². The van der Waals surface area contributed by atoms with E-state index in [2.05, 4.69) is 38.5 Å². The molecule has 2 aromatic rings. The first-order chi connectivity index (χ1) is 12.7. The maximum absolute atomic E-state index is 12.5. The van der Waals surface area contributed by atoms with Gasteiger partial charge in [-0.15, -0.1) is 0 Å². The summed E-state index contributed by atoms with van der Waals surface area (Å²) in [5.41, 5.74) is 4.93. The second-order valence-corrected chi connectivity index (χ2v) is 7.26. The predicted octanol–water partition coefficient (Wildman–Crippen LogP) is 2.59. The Bertz CT molecular complexity index is 810. The van der Waals surface area contributed by atoms with Gasteiger partial charge in [-0.2, -0.15) is 5.10 Å². The molecule has 0 saturated carbocycles. The number of nitrogens with zero attached hydrogens (tertiary/aromatic N) is 3. The molecule has 1 saturated heterocycles. The fourth-order valence-corrected chi connectivity index (χ4v) is 3.88. The van der Waals surface area contributed by atoms with Gasteiger partial charge in [-0.1, -0.05) is 12.5 Å². The van der Waals surface area contributed by atoms with Crippen LogP contribution in [0.2, 0.25) is 0 Å². The van der Waals surface area contributed by atoms with Crippen molar-refractivity contribution in [3.63, 3.8) is 0 Å². The largest absolute Gasteiger partial charge is 0.354 e. The summed E-state index contributed by atoms with van der Waals surface area (Å²) in [6.07, 6.45) is 10.3. The zero-order valence-electron chi connectivity index (χ0n) is 15.4. The number of amides is 1. The highest BCUT2D eigenvalue weighted by molar-refractivity contribution is 5.93. The normalized spacial score (nSPS) is 17.3. The fourth-order valence-electron chi connectivity index (χ4n) is 3.88. The van der Waals surface area contributed by atoms with Crippen molar-refractivity contribution in [2.45, 2.75) is 32.1 Å². The summed E-state index contributed by atoms with van der Waals surface area (Å²) in [5.74, 6) is -0.0972. The van der Waals surface area contributed by atoms with Gasteiger partial charge in [0.25, 0.3) is 5.91 Å². The van der Waals surface area contributed by atoms with Gasteiger partial charge in [0.2, 0.25) is 0 Å². The summed E-state index contributed by atoms with van der Waals surface area (Å²) in [6, 6.07) is 4.05. The molecule has 1 aliphatic carbocycles. The van der Waals surface area contributed by atoms with Crippen molar-refractivity contribution in [1.82, 2.24) is 25.0 Å². The Morgan fingerprint density at radius 3 is 2.92 bits per heavy atom. The maximum Gasteiger partial charge on any atom is 0.271 e. The third kappa shape index (κ3) is 3.60. The molecule has 138 valence electrons. The molecule has 0 unspecified atom stereocenters. The minimum absolute atomic E-state index is 0.0972. The van der Waals surface area contributed by atoms with E-state index in [1.165, 1.54) is 30.5 Å². The van der Waals surface area contributed by atoms with Gasteiger partial charge in [-0.25, -0.2) is 0 Å². The molecule has 2 aromatic heterocycles. The van der Waals surface area contributed by atoms with Gasteiger partial charge in [0.05, 0.1) is 11.4 Å². The summed E-state index contributed by atoms with van der Waals surface area (Å²) in [7, 11) is 1.88. The molecule has 4 rings (SSSR count). The van der Waals surface area contributed by atoms with E-state index in [0.717, 1.165) is 43.9 Å². The first-order valence-electron chi connectivity index (χ1n) is 9.64. The van der Waals surface area contributed by atoms with E-state index in [1.807, 2.05) is 13.1 Å². The minimum Gasteiger partial charge on any atom is -0.354 e. The lowest BCUT2D eigenvalue weighted by Gasteiger charge is -2.26. The Balaban J connectivity index is 1.40. The number of carbonyl (C=O) groups is 1. The van der Waals surface area contributed by atoms with Gasteiger partial charge in [-0.05, 0) is 62.5 Å². The molecule has 6 heteroatoms. The molecule has 0 atom stereocenters. The van der Waals surface area contributed by atoms with Crippen LogP contribution in [-0.2, 0) is 13.5 Å². The number of hydrogen-bond acceptors (Lipinski definition) is 3. The molecule has 2 aliphatic rings. The number of rotatable bonds is 5. The lowest BCUT2D eigenvalue weighted by Crippen LogP contribution is -2.37. The van der Waals surface area contributed by atoms with Crippen LogP contribution in [0.3, 0.4) is 0 Å². The van der Waals surface area contributed by atoms with Crippen molar-refractivity contribution in [3.8, 4) is 11.4 Å². The van der Waals surface area contributed by atoms with Gasteiger partial charge in [-0.3, -0.25) is 9.48 Å². The minimum atomic E-state index is -0.0972. The Kier molecular flexibility index (Phi) is 4.93. The van der Waals surface area contributed by atoms with E-state index in [4.69, 9.17) is 0 Å². The number of H-pyrrole nitrogens is 1. The Morgan fingerprint density at radius 1 is 1.27 bits per heavy atom. The van der Waals surface area contributed by atoms with Crippen LogP contribution < -0.4 is 5.32 Å². The van der Waals surface area contributed by atoms with Crippen LogP contribution in [0.5, 0.6) is 0 Å². The molecule has 3 heterocycles. The molecule has 26 heavy (non-hydrogen) atoms. The second kappa shape index (κ2) is 7.50. The first kappa shape index (κ1) is 17.1. The van der Waals surface area contributed by atoms with Crippen molar-refractivity contribution in [2.75, 3.05) is 26.2 Å². The van der Waals surface area contributed by atoms with Crippen LogP contribution >= 0.6 is 0 Å². The van der Waals surface area contributed by atoms with Crippen molar-refractivity contribution >= 4 is 12.0 Å². The summed E-state index contributed by atoms with van der Waals surface area (Å²) in [6.45, 7) is 3.89. The lowest BCUT2D eigenvalue weighted by molar-refractivity contribution is 0.0941. The van der Waals surface area contributed by atoms with E-state index in [0.29, 0.717) is 12.2 Å². The number of nitrogens with one attached hydrogen (secondary N) is 2. The third-order valence-corrected chi connectivity index (χ3v) is 5.35. The fraction of sp³-hybridized carbons (Fsp3) is 0.500. The lowest BCUT2D eigenvalue weighted by atomic mass is 10.0. The molecule has 0 aromatic carbocycles. The Morgan fingerprint density at radius 2 is 2.12 bits per heavy atom. The third-order valence-electron chi connectivity index (χ3n) is 5.35. The van der Waals surface area contributed by atoms with Gasteiger partial charge >= 0.3 is 0 Å². The number of likely N-dealkylation sites (tertiary alicyclic amines) is 1. The predicted molar refractivity (Wildman–Crippen MR) is 103 cm³/mol. The Hall–Kier alpha value is -2.34. The second-order valence-electron chi connectivity index (χ2n) is 7.26. The molecule has 1 fully saturated rings. The van der Waals surface area contributed by atoms with Crippen LogP contribution in [0.25, 0.3) is 17.5 Å². The SMILES string of the molecule is Cn1nc(C(=O)NCCN2CCCCC2)cc1-c1cc2c([nH]1)C=CCC2. The molecular formula is C20H27N5O. The molecule has 0 spiro atoms. The molecule has 1 aliphatic heterocycles. The molecule has 0 bridgehead atoms. The Labute approximate surface area is 154 Å². The zero-order chi connectivity index (χ0) is 17.9. The summed E-state index contributed by atoms with van der Waals surface area (Å²) >= 11 is 0. The molecule has 6 nitrogen and oxygen atoms in total. The average molecular weight is 353 g/mol. The smallest absolute Gasteiger partial charge is 0.271 e. The van der Waals surface area contributed by atoms with Crippen molar-refractivity contribution in [2.24, 2.45) is 7.05 Å². The molecular weight excluding hydrogens is 326 g/mol. The van der Waals surface area contributed by atoms with E-state index in [-0.39, 0.29) is 5.91 Å². The number of aromatic amines is 1. The topological polar surface area (TPSA) is 66.0 Å². The van der Waals surface area contributed by atoms with Crippen LogP contribution in [0, 0.1) is 0 Å². The first-order valence-corrected chi connectivity index (χ1v) is 9.64. The van der Waals surface area contributed by atoms with E-state index >= 15 is 0 Å². The highest BCUT2D eigenvalue weighted by Crippen LogP contribution is 2.26. The van der Waals surface area contributed by atoms with Crippen LogP contribution in [-0.4, -0.2) is 51.8 Å². The van der Waals surface area contributed by atoms with Crippen molar-refractivity contribution in [1.29, 1.82) is 0 Å². The highest BCUT2D eigenvalue weighted by atomic mass is 16.1. The average Bonchev–Trinajstić information content (AvgIpc) is 3.25. The van der Waals surface area contributed by atoms with Crippen molar-refractivity contribution in [3.05, 3.63) is 35.2 Å². The number of aryl methyl sites for hydroxylation is 2. The number of hydrogen-bond donors (Lipinski definition) is 2. The molecule has 2 N–H and O–H groups in total. The number of aromatic nitrogens is 3. The number of allylic oxidation sites excluding steroid dienone is 1. The van der Waals surface area contributed by atoms with Crippen LogP contribution in [0.15, 0.2) is 18.2 Å². The van der Waals surface area contributed by atoms with E-state index in [9.17, 15) is 4.79 Å². The van der Waals surface area contributed by atoms with Crippen molar-refractivity contribution < 1.29 is 4.79 Å². The maximum atomic E-state index is 12.5. The van der Waals surface area contributed by atoms with Crippen LogP contribution in [0.1, 0.15) is 47.4 Å². The summed E-state index contributed by atoms with van der Waals surface area (Å²) < 4.78 is 1.78. The quantitative estimate of drug-likeness (QED) is 0.868. The molecule has 1 amide bonds. The van der Waals surface area contributed by atoms with E-state index < -0.39 is 0 Å². The van der Waals surface area contributed by atoms with Gasteiger partial charge in [0.15, 0.2) is 5.69 Å². The number of carbonyl (C=O) groups excluding carboxylic acids is 1.